The molecule has 1 aliphatic heterocycles. The van der Waals surface area contributed by atoms with Crippen molar-refractivity contribution < 1.29 is 19.4 Å². The van der Waals surface area contributed by atoms with Crippen LogP contribution < -0.4 is 10.6 Å². The molecule has 1 aromatic heterocycles. The predicted molar refractivity (Wildman–Crippen MR) is 112 cm³/mol. The Morgan fingerprint density at radius 2 is 1.87 bits per heavy atom. The number of nitrogens with zero attached hydrogens (tertiary/aromatic N) is 1. The summed E-state index contributed by atoms with van der Waals surface area (Å²) in [5.41, 5.74) is 1.69. The SMILES string of the molecule is C[C@H](NC(=O)C[C@@H]1C=C[C@H](NC(=O)Cc2ccccn2)[C@H](CO)O1)c1ccccc1. The number of amides is 2. The second kappa shape index (κ2) is 10.7. The quantitative estimate of drug-likeness (QED) is 0.576. The standard InChI is InChI=1S/C23H27N3O4/c1-16(17-7-3-2-4-8-17)25-23(29)14-19-10-11-20(21(15-27)30-19)26-22(28)13-18-9-5-6-12-24-18/h2-12,16,19-21,27H,13-15H2,1H3,(H,25,29)(H,26,28)/t16-,19-,20-,21-/m0/s1. The van der Waals surface area contributed by atoms with Crippen molar-refractivity contribution in [3.8, 4) is 0 Å². The Labute approximate surface area is 176 Å². The Bertz CT molecular complexity index is 857. The van der Waals surface area contributed by atoms with E-state index in [2.05, 4.69) is 15.6 Å². The molecule has 3 N–H and O–H groups in total. The maximum Gasteiger partial charge on any atom is 0.226 e. The molecular weight excluding hydrogens is 382 g/mol. The number of aliphatic hydroxyl groups excluding tert-OH is 1. The summed E-state index contributed by atoms with van der Waals surface area (Å²) in [4.78, 5) is 28.8. The molecule has 0 bridgehead atoms. The maximum atomic E-state index is 12.4. The van der Waals surface area contributed by atoms with Gasteiger partial charge in [0.15, 0.2) is 0 Å². The van der Waals surface area contributed by atoms with Crippen LogP contribution in [0.1, 0.15) is 30.6 Å². The summed E-state index contributed by atoms with van der Waals surface area (Å²) < 4.78 is 5.83. The van der Waals surface area contributed by atoms with Gasteiger partial charge in [-0.05, 0) is 24.6 Å². The fraction of sp³-hybridized carbons (Fsp3) is 0.348. The highest BCUT2D eigenvalue weighted by molar-refractivity contribution is 5.79. The van der Waals surface area contributed by atoms with Gasteiger partial charge in [0, 0.05) is 11.9 Å². The third-order valence-electron chi connectivity index (χ3n) is 4.92. The van der Waals surface area contributed by atoms with Gasteiger partial charge < -0.3 is 20.5 Å². The van der Waals surface area contributed by atoms with Gasteiger partial charge in [-0.3, -0.25) is 14.6 Å². The number of aliphatic hydroxyl groups is 1. The highest BCUT2D eigenvalue weighted by atomic mass is 16.5. The fourth-order valence-corrected chi connectivity index (χ4v) is 3.35. The number of pyridine rings is 1. The molecule has 0 unspecified atom stereocenters. The van der Waals surface area contributed by atoms with Gasteiger partial charge in [-0.1, -0.05) is 48.6 Å². The van der Waals surface area contributed by atoms with E-state index in [0.29, 0.717) is 5.69 Å². The second-order valence-corrected chi connectivity index (χ2v) is 7.28. The molecule has 1 aliphatic rings. The highest BCUT2D eigenvalue weighted by Crippen LogP contribution is 2.17. The Balaban J connectivity index is 1.51. The molecular formula is C23H27N3O4. The summed E-state index contributed by atoms with van der Waals surface area (Å²) in [5.74, 6) is -0.353. The summed E-state index contributed by atoms with van der Waals surface area (Å²) in [6.07, 6.45) is 4.37. The molecule has 0 spiro atoms. The summed E-state index contributed by atoms with van der Waals surface area (Å²) in [7, 11) is 0. The van der Waals surface area contributed by atoms with E-state index in [0.717, 1.165) is 5.56 Å². The van der Waals surface area contributed by atoms with Crippen molar-refractivity contribution >= 4 is 11.8 Å². The first-order valence-electron chi connectivity index (χ1n) is 10.0. The van der Waals surface area contributed by atoms with Crippen molar-refractivity contribution in [1.29, 1.82) is 0 Å². The second-order valence-electron chi connectivity index (χ2n) is 7.28. The first kappa shape index (κ1) is 21.7. The van der Waals surface area contributed by atoms with Gasteiger partial charge in [0.1, 0.15) is 6.10 Å². The van der Waals surface area contributed by atoms with E-state index in [1.807, 2.05) is 43.3 Å². The van der Waals surface area contributed by atoms with Crippen LogP contribution in [0.25, 0.3) is 0 Å². The monoisotopic (exact) mass is 409 g/mol. The minimum Gasteiger partial charge on any atom is -0.394 e. The maximum absolute atomic E-state index is 12.4. The van der Waals surface area contributed by atoms with Gasteiger partial charge >= 0.3 is 0 Å². The van der Waals surface area contributed by atoms with E-state index in [9.17, 15) is 14.7 Å². The number of aromatic nitrogens is 1. The molecule has 7 heteroatoms. The van der Waals surface area contributed by atoms with E-state index < -0.39 is 18.2 Å². The molecule has 2 heterocycles. The smallest absolute Gasteiger partial charge is 0.226 e. The molecule has 0 fully saturated rings. The summed E-state index contributed by atoms with van der Waals surface area (Å²) in [6, 6.07) is 14.5. The average Bonchev–Trinajstić information content (AvgIpc) is 2.76. The molecule has 7 nitrogen and oxygen atoms in total. The summed E-state index contributed by atoms with van der Waals surface area (Å²) in [5, 5.41) is 15.5. The first-order valence-corrected chi connectivity index (χ1v) is 10.0. The van der Waals surface area contributed by atoms with Gasteiger partial charge in [0.2, 0.25) is 11.8 Å². The summed E-state index contributed by atoms with van der Waals surface area (Å²) in [6.45, 7) is 1.66. The van der Waals surface area contributed by atoms with Crippen LogP contribution in [0.4, 0.5) is 0 Å². The van der Waals surface area contributed by atoms with E-state index in [4.69, 9.17) is 4.74 Å². The Morgan fingerprint density at radius 3 is 2.57 bits per heavy atom. The van der Waals surface area contributed by atoms with Gasteiger partial charge in [-0.2, -0.15) is 0 Å². The Kier molecular flexibility index (Phi) is 7.70. The van der Waals surface area contributed by atoms with Crippen molar-refractivity contribution in [2.24, 2.45) is 0 Å². The Morgan fingerprint density at radius 1 is 1.10 bits per heavy atom. The lowest BCUT2D eigenvalue weighted by Crippen LogP contribution is -2.49. The third kappa shape index (κ3) is 6.23. The van der Waals surface area contributed by atoms with Crippen LogP contribution in [0, 0.1) is 0 Å². The minimum absolute atomic E-state index is 0.112. The molecule has 3 rings (SSSR count). The van der Waals surface area contributed by atoms with Crippen molar-refractivity contribution in [2.75, 3.05) is 6.61 Å². The van der Waals surface area contributed by atoms with Gasteiger partial charge in [0.25, 0.3) is 0 Å². The van der Waals surface area contributed by atoms with Gasteiger partial charge in [-0.15, -0.1) is 0 Å². The van der Waals surface area contributed by atoms with Crippen LogP contribution in [0.15, 0.2) is 66.9 Å². The third-order valence-corrected chi connectivity index (χ3v) is 4.92. The normalized spacial score (nSPS) is 21.6. The molecule has 1 aromatic carbocycles. The number of hydrogen-bond donors (Lipinski definition) is 3. The van der Waals surface area contributed by atoms with Crippen molar-refractivity contribution in [3.05, 3.63) is 78.1 Å². The fourth-order valence-electron chi connectivity index (χ4n) is 3.35. The van der Waals surface area contributed by atoms with Crippen LogP contribution in [0.5, 0.6) is 0 Å². The zero-order valence-electron chi connectivity index (χ0n) is 16.9. The molecule has 0 saturated carbocycles. The number of hydrogen-bond acceptors (Lipinski definition) is 5. The van der Waals surface area contributed by atoms with Crippen molar-refractivity contribution in [2.45, 2.75) is 44.1 Å². The van der Waals surface area contributed by atoms with E-state index in [1.165, 1.54) is 0 Å². The Hall–Kier alpha value is -3.03. The molecule has 2 aromatic rings. The van der Waals surface area contributed by atoms with E-state index in [1.54, 1.807) is 30.5 Å². The molecule has 4 atom stereocenters. The predicted octanol–water partition coefficient (Wildman–Crippen LogP) is 1.69. The largest absolute Gasteiger partial charge is 0.394 e. The highest BCUT2D eigenvalue weighted by Gasteiger charge is 2.29. The number of carbonyl (C=O) groups excluding carboxylic acids is 2. The van der Waals surface area contributed by atoms with Crippen LogP contribution in [-0.4, -0.2) is 46.8 Å². The van der Waals surface area contributed by atoms with Crippen LogP contribution in [0.3, 0.4) is 0 Å². The van der Waals surface area contributed by atoms with Crippen LogP contribution in [-0.2, 0) is 20.7 Å². The first-order chi connectivity index (χ1) is 14.5. The molecule has 2 amide bonds. The van der Waals surface area contributed by atoms with Crippen molar-refractivity contribution in [1.82, 2.24) is 15.6 Å². The van der Waals surface area contributed by atoms with E-state index in [-0.39, 0.29) is 37.3 Å². The lowest BCUT2D eigenvalue weighted by molar-refractivity contribution is -0.128. The number of nitrogens with one attached hydrogen (secondary N) is 2. The molecule has 0 aliphatic carbocycles. The lowest BCUT2D eigenvalue weighted by Gasteiger charge is -2.31. The minimum atomic E-state index is -0.618. The zero-order chi connectivity index (χ0) is 21.3. The molecule has 0 radical (unpaired) electrons. The number of rotatable bonds is 8. The van der Waals surface area contributed by atoms with E-state index >= 15 is 0 Å². The van der Waals surface area contributed by atoms with Crippen LogP contribution >= 0.6 is 0 Å². The molecule has 158 valence electrons. The lowest BCUT2D eigenvalue weighted by atomic mass is 10.0. The molecule has 30 heavy (non-hydrogen) atoms. The number of carbonyl (C=O) groups is 2. The van der Waals surface area contributed by atoms with Gasteiger partial charge in [-0.25, -0.2) is 0 Å². The molecule has 0 saturated heterocycles. The topological polar surface area (TPSA) is 101 Å². The van der Waals surface area contributed by atoms with Crippen LogP contribution in [0.2, 0.25) is 0 Å². The van der Waals surface area contributed by atoms with Gasteiger partial charge in [0.05, 0.1) is 37.6 Å². The number of ether oxygens (including phenoxy) is 1. The average molecular weight is 409 g/mol. The number of benzene rings is 1. The summed E-state index contributed by atoms with van der Waals surface area (Å²) >= 11 is 0. The van der Waals surface area contributed by atoms with Crippen molar-refractivity contribution in [3.63, 3.8) is 0 Å². The zero-order valence-corrected chi connectivity index (χ0v) is 16.9.